The van der Waals surface area contributed by atoms with Crippen LogP contribution in [0.5, 0.6) is 0 Å². The second-order valence-electron chi connectivity index (χ2n) is 7.00. The monoisotopic (exact) mass is 273 g/mol. The first-order valence-electron chi connectivity index (χ1n) is 8.12. The van der Waals surface area contributed by atoms with Gasteiger partial charge in [-0.25, -0.2) is 0 Å². The van der Waals surface area contributed by atoms with Crippen LogP contribution in [-0.2, 0) is 12.8 Å². The second kappa shape index (κ2) is 5.87. The third-order valence-corrected chi connectivity index (χ3v) is 5.41. The van der Waals surface area contributed by atoms with Gasteiger partial charge in [0.25, 0.3) is 0 Å². The van der Waals surface area contributed by atoms with E-state index >= 15 is 0 Å². The van der Waals surface area contributed by atoms with E-state index in [1.807, 2.05) is 0 Å². The molecule has 1 saturated carbocycles. The quantitative estimate of drug-likeness (QED) is 0.884. The summed E-state index contributed by atoms with van der Waals surface area (Å²) in [6.45, 7) is 4.64. The number of aliphatic hydroxyl groups is 1. The van der Waals surface area contributed by atoms with Crippen LogP contribution in [0.3, 0.4) is 0 Å². The minimum absolute atomic E-state index is 0.240. The maximum atomic E-state index is 9.60. The summed E-state index contributed by atoms with van der Waals surface area (Å²) in [6, 6.07) is 9.78. The lowest BCUT2D eigenvalue weighted by molar-refractivity contribution is 0.178. The van der Waals surface area contributed by atoms with Gasteiger partial charge < -0.3 is 10.4 Å². The summed E-state index contributed by atoms with van der Waals surface area (Å²) in [5, 5.41) is 13.4. The molecule has 1 aromatic carbocycles. The van der Waals surface area contributed by atoms with E-state index in [0.29, 0.717) is 12.0 Å². The Morgan fingerprint density at radius 3 is 2.10 bits per heavy atom. The number of fused-ring (bicyclic) bond motifs is 3. The summed E-state index contributed by atoms with van der Waals surface area (Å²) in [7, 11) is 0. The molecular weight excluding hydrogens is 246 g/mol. The van der Waals surface area contributed by atoms with Crippen molar-refractivity contribution in [3.8, 4) is 0 Å². The van der Waals surface area contributed by atoms with Gasteiger partial charge in [0.1, 0.15) is 0 Å². The van der Waals surface area contributed by atoms with Crippen molar-refractivity contribution >= 4 is 0 Å². The lowest BCUT2D eigenvalue weighted by atomic mass is 9.92. The molecule has 3 rings (SSSR count). The van der Waals surface area contributed by atoms with Crippen LogP contribution in [0.2, 0.25) is 0 Å². The van der Waals surface area contributed by atoms with Crippen molar-refractivity contribution in [3.63, 3.8) is 0 Å². The SMILES string of the molecule is CC(C)C(CO)NC1C2CCC1Cc1ccccc1C2. The summed E-state index contributed by atoms with van der Waals surface area (Å²) >= 11 is 0. The molecule has 3 unspecified atom stereocenters. The van der Waals surface area contributed by atoms with Crippen LogP contribution in [0.4, 0.5) is 0 Å². The van der Waals surface area contributed by atoms with Crippen LogP contribution in [0, 0.1) is 17.8 Å². The molecule has 0 aromatic heterocycles. The number of rotatable bonds is 4. The maximum Gasteiger partial charge on any atom is 0.0587 e. The van der Waals surface area contributed by atoms with Crippen LogP contribution < -0.4 is 5.32 Å². The Labute approximate surface area is 122 Å². The summed E-state index contributed by atoms with van der Waals surface area (Å²) < 4.78 is 0. The van der Waals surface area contributed by atoms with E-state index in [2.05, 4.69) is 43.4 Å². The van der Waals surface area contributed by atoms with Gasteiger partial charge in [-0.15, -0.1) is 0 Å². The highest BCUT2D eigenvalue weighted by Crippen LogP contribution is 2.40. The van der Waals surface area contributed by atoms with Gasteiger partial charge in [-0.05, 0) is 54.6 Å². The molecule has 0 spiro atoms. The summed E-state index contributed by atoms with van der Waals surface area (Å²) in [6.07, 6.45) is 5.10. The van der Waals surface area contributed by atoms with Crippen molar-refractivity contribution in [2.24, 2.45) is 17.8 Å². The fourth-order valence-corrected chi connectivity index (χ4v) is 4.13. The van der Waals surface area contributed by atoms with Gasteiger partial charge in [0.05, 0.1) is 6.61 Å². The minimum Gasteiger partial charge on any atom is -0.395 e. The van der Waals surface area contributed by atoms with Gasteiger partial charge in [-0.1, -0.05) is 38.1 Å². The van der Waals surface area contributed by atoms with Crippen molar-refractivity contribution in [3.05, 3.63) is 35.4 Å². The first kappa shape index (κ1) is 14.1. The molecule has 110 valence electrons. The fraction of sp³-hybridized carbons (Fsp3) is 0.667. The Morgan fingerprint density at radius 1 is 1.10 bits per heavy atom. The van der Waals surface area contributed by atoms with Crippen molar-refractivity contribution < 1.29 is 5.11 Å². The average Bonchev–Trinajstić information content (AvgIpc) is 2.70. The van der Waals surface area contributed by atoms with Gasteiger partial charge in [0, 0.05) is 12.1 Å². The number of hydrogen-bond acceptors (Lipinski definition) is 2. The van der Waals surface area contributed by atoms with E-state index < -0.39 is 0 Å². The van der Waals surface area contributed by atoms with Gasteiger partial charge in [0.15, 0.2) is 0 Å². The normalized spacial score (nSPS) is 30.1. The lowest BCUT2D eigenvalue weighted by Gasteiger charge is -2.30. The third-order valence-electron chi connectivity index (χ3n) is 5.41. The molecule has 2 heteroatoms. The molecule has 1 fully saturated rings. The smallest absolute Gasteiger partial charge is 0.0587 e. The Kier molecular flexibility index (Phi) is 4.13. The van der Waals surface area contributed by atoms with E-state index in [1.54, 1.807) is 11.1 Å². The predicted octanol–water partition coefficient (Wildman–Crippen LogP) is 2.79. The maximum absolute atomic E-state index is 9.60. The molecule has 2 bridgehead atoms. The number of aliphatic hydroxyl groups excluding tert-OH is 1. The predicted molar refractivity (Wildman–Crippen MR) is 82.7 cm³/mol. The van der Waals surface area contributed by atoms with Crippen LogP contribution in [-0.4, -0.2) is 23.8 Å². The number of nitrogens with one attached hydrogen (secondary N) is 1. The summed E-state index contributed by atoms with van der Waals surface area (Å²) in [4.78, 5) is 0. The second-order valence-corrected chi connectivity index (χ2v) is 7.00. The van der Waals surface area contributed by atoms with Gasteiger partial charge in [0.2, 0.25) is 0 Å². The zero-order valence-electron chi connectivity index (χ0n) is 12.7. The van der Waals surface area contributed by atoms with Crippen molar-refractivity contribution in [1.29, 1.82) is 0 Å². The third kappa shape index (κ3) is 2.64. The highest BCUT2D eigenvalue weighted by Gasteiger charge is 2.39. The van der Waals surface area contributed by atoms with E-state index in [4.69, 9.17) is 0 Å². The fourth-order valence-electron chi connectivity index (χ4n) is 4.13. The van der Waals surface area contributed by atoms with Crippen molar-refractivity contribution in [2.75, 3.05) is 6.61 Å². The van der Waals surface area contributed by atoms with Crippen molar-refractivity contribution in [2.45, 2.75) is 51.6 Å². The number of hydrogen-bond donors (Lipinski definition) is 2. The molecule has 1 aromatic rings. The van der Waals surface area contributed by atoms with Crippen molar-refractivity contribution in [1.82, 2.24) is 5.32 Å². The van der Waals surface area contributed by atoms with E-state index in [9.17, 15) is 5.11 Å². The highest BCUT2D eigenvalue weighted by molar-refractivity contribution is 5.30. The standard InChI is InChI=1S/C18H27NO/c1-12(2)17(11-20)19-18-15-7-8-16(18)10-14-6-4-3-5-13(14)9-15/h3-6,12,15-20H,7-11H2,1-2H3. The van der Waals surface area contributed by atoms with Crippen LogP contribution in [0.25, 0.3) is 0 Å². The van der Waals surface area contributed by atoms with Crippen LogP contribution >= 0.6 is 0 Å². The first-order valence-corrected chi connectivity index (χ1v) is 8.12. The lowest BCUT2D eigenvalue weighted by Crippen LogP contribution is -2.48. The van der Waals surface area contributed by atoms with Gasteiger partial charge in [-0.2, -0.15) is 0 Å². The Hall–Kier alpha value is -0.860. The minimum atomic E-state index is 0.240. The highest BCUT2D eigenvalue weighted by atomic mass is 16.3. The Morgan fingerprint density at radius 2 is 1.65 bits per heavy atom. The molecule has 0 aliphatic heterocycles. The largest absolute Gasteiger partial charge is 0.395 e. The van der Waals surface area contributed by atoms with Gasteiger partial charge in [-0.3, -0.25) is 0 Å². The molecule has 2 nitrogen and oxygen atoms in total. The van der Waals surface area contributed by atoms with Gasteiger partial charge >= 0.3 is 0 Å². The molecule has 3 atom stereocenters. The molecule has 0 radical (unpaired) electrons. The Bertz CT molecular complexity index is 423. The molecular formula is C18H27NO. The first-order chi connectivity index (χ1) is 9.69. The molecule has 0 amide bonds. The van der Waals surface area contributed by atoms with Crippen LogP contribution in [0.1, 0.15) is 37.8 Å². The molecule has 2 aliphatic rings. The summed E-state index contributed by atoms with van der Waals surface area (Å²) in [5.74, 6) is 1.98. The topological polar surface area (TPSA) is 32.3 Å². The van der Waals surface area contributed by atoms with E-state index in [1.165, 1.54) is 25.7 Å². The molecule has 2 N–H and O–H groups in total. The molecule has 2 aliphatic carbocycles. The van der Waals surface area contributed by atoms with Crippen LogP contribution in [0.15, 0.2) is 24.3 Å². The average molecular weight is 273 g/mol. The zero-order chi connectivity index (χ0) is 14.1. The molecule has 0 saturated heterocycles. The Balaban J connectivity index is 1.79. The van der Waals surface area contributed by atoms with E-state index in [-0.39, 0.29) is 12.6 Å². The molecule has 20 heavy (non-hydrogen) atoms. The zero-order valence-corrected chi connectivity index (χ0v) is 12.7. The number of benzene rings is 1. The van der Waals surface area contributed by atoms with E-state index in [0.717, 1.165) is 11.8 Å². The summed E-state index contributed by atoms with van der Waals surface area (Å²) in [5.41, 5.74) is 3.10. The molecule has 0 heterocycles.